The van der Waals surface area contributed by atoms with E-state index in [-0.39, 0.29) is 0 Å². The maximum absolute atomic E-state index is 11.1. The normalized spacial score (nSPS) is 12.2. The van der Waals surface area contributed by atoms with E-state index in [2.05, 4.69) is 12.6 Å². The summed E-state index contributed by atoms with van der Waals surface area (Å²) >= 11 is 3.59. The van der Waals surface area contributed by atoms with E-state index in [1.165, 1.54) is 0 Å². The summed E-state index contributed by atoms with van der Waals surface area (Å²) in [5.41, 5.74) is 2.36. The van der Waals surface area contributed by atoms with E-state index < -0.39 is 17.0 Å². The van der Waals surface area contributed by atoms with Crippen LogP contribution in [-0.2, 0) is 9.59 Å². The van der Waals surface area contributed by atoms with Gasteiger partial charge in [0, 0.05) is 0 Å². The van der Waals surface area contributed by atoms with Crippen molar-refractivity contribution in [1.82, 2.24) is 0 Å². The summed E-state index contributed by atoms with van der Waals surface area (Å²) in [5, 5.41) is 8.26. The van der Waals surface area contributed by atoms with Crippen LogP contribution in [0, 0.1) is 13.8 Å². The Morgan fingerprint density at radius 2 is 1.67 bits per heavy atom. The molecule has 0 spiro atoms. The van der Waals surface area contributed by atoms with E-state index in [4.69, 9.17) is 5.11 Å². The number of carboxylic acid groups (broad SMARTS) is 1. The number of carbonyl (C=O) groups is 2. The molecule has 1 unspecified atom stereocenters. The van der Waals surface area contributed by atoms with Crippen LogP contribution < -0.4 is 0 Å². The largest absolute Gasteiger partial charge is 0.480 e. The molecule has 1 aromatic rings. The molecule has 1 atom stereocenters. The Kier molecular flexibility index (Phi) is 3.52. The van der Waals surface area contributed by atoms with Gasteiger partial charge in [-0.15, -0.1) is 12.6 Å². The van der Waals surface area contributed by atoms with Gasteiger partial charge in [-0.3, -0.25) is 9.59 Å². The van der Waals surface area contributed by atoms with Crippen LogP contribution in [0.4, 0.5) is 0 Å². The fraction of sp³-hybridized carbons (Fsp3) is 0.273. The van der Waals surface area contributed by atoms with Gasteiger partial charge in [-0.1, -0.05) is 29.3 Å². The zero-order valence-electron chi connectivity index (χ0n) is 8.52. The van der Waals surface area contributed by atoms with Crippen LogP contribution in [0.5, 0.6) is 0 Å². The van der Waals surface area contributed by atoms with Crippen molar-refractivity contribution in [2.75, 3.05) is 0 Å². The number of aliphatic carboxylic acids is 1. The minimum absolute atomic E-state index is 0.486. The summed E-state index contributed by atoms with van der Waals surface area (Å²) in [7, 11) is 0. The topological polar surface area (TPSA) is 54.4 Å². The molecular formula is C11H12O3S. The van der Waals surface area contributed by atoms with Crippen molar-refractivity contribution in [3.05, 3.63) is 34.9 Å². The number of thiol groups is 1. The van der Waals surface area contributed by atoms with Crippen LogP contribution in [0.2, 0.25) is 0 Å². The van der Waals surface area contributed by atoms with Gasteiger partial charge in [0.15, 0.2) is 5.92 Å². The predicted octanol–water partition coefficient (Wildman–Crippen LogP) is 1.93. The molecule has 3 nitrogen and oxygen atoms in total. The molecule has 15 heavy (non-hydrogen) atoms. The molecule has 1 N–H and O–H groups in total. The lowest BCUT2D eigenvalue weighted by atomic mass is 9.97. The molecule has 0 saturated carbocycles. The third-order valence-electron chi connectivity index (χ3n) is 2.07. The van der Waals surface area contributed by atoms with Gasteiger partial charge in [0.1, 0.15) is 0 Å². The smallest absolute Gasteiger partial charge is 0.319 e. The standard InChI is InChI=1S/C11H12O3S/c1-6-3-7(2)5-8(4-6)9(10(12)13)11(14)15/h3-5,9H,1-2H3,(H,12,13)(H,14,15). The predicted molar refractivity (Wildman–Crippen MR) is 60.3 cm³/mol. The first-order chi connectivity index (χ1) is 6.91. The van der Waals surface area contributed by atoms with E-state index in [1.54, 1.807) is 12.1 Å². The molecule has 0 amide bonds. The van der Waals surface area contributed by atoms with Crippen LogP contribution in [0.15, 0.2) is 18.2 Å². The first-order valence-corrected chi connectivity index (χ1v) is 4.90. The number of rotatable bonds is 3. The number of carbonyl (C=O) groups excluding carboxylic acids is 1. The lowest BCUT2D eigenvalue weighted by Crippen LogP contribution is -2.18. The second-order valence-electron chi connectivity index (χ2n) is 3.53. The van der Waals surface area contributed by atoms with Crippen molar-refractivity contribution in [2.45, 2.75) is 19.8 Å². The Labute approximate surface area is 93.5 Å². The zero-order valence-corrected chi connectivity index (χ0v) is 9.41. The van der Waals surface area contributed by atoms with Crippen LogP contribution >= 0.6 is 12.6 Å². The molecule has 0 fully saturated rings. The van der Waals surface area contributed by atoms with Crippen LogP contribution in [0.25, 0.3) is 0 Å². The molecule has 0 saturated heterocycles. The van der Waals surface area contributed by atoms with E-state index in [9.17, 15) is 9.59 Å². The second kappa shape index (κ2) is 4.49. The van der Waals surface area contributed by atoms with Crippen molar-refractivity contribution in [1.29, 1.82) is 0 Å². The molecule has 0 aliphatic rings. The van der Waals surface area contributed by atoms with E-state index in [0.29, 0.717) is 5.56 Å². The summed E-state index contributed by atoms with van der Waals surface area (Å²) in [6.45, 7) is 3.72. The lowest BCUT2D eigenvalue weighted by molar-refractivity contribution is -0.140. The van der Waals surface area contributed by atoms with Gasteiger partial charge in [-0.05, 0) is 19.4 Å². The highest BCUT2D eigenvalue weighted by molar-refractivity contribution is 7.96. The molecule has 0 aromatic heterocycles. The highest BCUT2D eigenvalue weighted by Crippen LogP contribution is 2.21. The van der Waals surface area contributed by atoms with E-state index in [1.807, 2.05) is 19.9 Å². The number of benzene rings is 1. The Morgan fingerprint density at radius 1 is 1.20 bits per heavy atom. The number of hydrogen-bond acceptors (Lipinski definition) is 2. The van der Waals surface area contributed by atoms with Crippen molar-refractivity contribution in [2.24, 2.45) is 0 Å². The number of carboxylic acids is 1. The van der Waals surface area contributed by atoms with Gasteiger partial charge >= 0.3 is 5.97 Å². The highest BCUT2D eigenvalue weighted by Gasteiger charge is 2.25. The van der Waals surface area contributed by atoms with Gasteiger partial charge in [-0.25, -0.2) is 0 Å². The molecule has 80 valence electrons. The minimum Gasteiger partial charge on any atom is -0.480 e. The first kappa shape index (κ1) is 11.8. The van der Waals surface area contributed by atoms with Crippen molar-refractivity contribution in [3.8, 4) is 0 Å². The number of aryl methyl sites for hydroxylation is 2. The maximum atomic E-state index is 11.1. The van der Waals surface area contributed by atoms with E-state index >= 15 is 0 Å². The van der Waals surface area contributed by atoms with Crippen molar-refractivity contribution in [3.63, 3.8) is 0 Å². The SMILES string of the molecule is Cc1cc(C)cc(C(C(=O)O)C(=O)S)c1. The average Bonchev–Trinajstić information content (AvgIpc) is 1.99. The Bertz CT molecular complexity index is 378. The molecule has 1 rings (SSSR count). The third-order valence-corrected chi connectivity index (χ3v) is 2.33. The fourth-order valence-corrected chi connectivity index (χ4v) is 1.83. The third kappa shape index (κ3) is 2.83. The molecule has 0 bridgehead atoms. The van der Waals surface area contributed by atoms with Gasteiger partial charge in [0.2, 0.25) is 5.12 Å². The van der Waals surface area contributed by atoms with Crippen molar-refractivity contribution >= 4 is 23.7 Å². The summed E-state index contributed by atoms with van der Waals surface area (Å²) in [5.74, 6) is -2.34. The van der Waals surface area contributed by atoms with Gasteiger partial charge < -0.3 is 5.11 Å². The van der Waals surface area contributed by atoms with Gasteiger partial charge in [0.25, 0.3) is 0 Å². The van der Waals surface area contributed by atoms with Gasteiger partial charge in [0.05, 0.1) is 0 Å². The minimum atomic E-state index is -1.17. The lowest BCUT2D eigenvalue weighted by Gasteiger charge is -2.10. The first-order valence-electron chi connectivity index (χ1n) is 4.45. The Balaban J connectivity index is 3.22. The zero-order chi connectivity index (χ0) is 11.6. The quantitative estimate of drug-likeness (QED) is 0.609. The summed E-state index contributed by atoms with van der Waals surface area (Å²) in [6, 6.07) is 5.31. The average molecular weight is 224 g/mol. The van der Waals surface area contributed by atoms with Gasteiger partial charge in [-0.2, -0.15) is 0 Å². The summed E-state index contributed by atoms with van der Waals surface area (Å²) in [4.78, 5) is 22.0. The van der Waals surface area contributed by atoms with Crippen LogP contribution in [0.1, 0.15) is 22.6 Å². The van der Waals surface area contributed by atoms with Crippen LogP contribution in [0.3, 0.4) is 0 Å². The maximum Gasteiger partial charge on any atom is 0.319 e. The molecule has 1 aromatic carbocycles. The van der Waals surface area contributed by atoms with Crippen LogP contribution in [-0.4, -0.2) is 16.2 Å². The summed E-state index contributed by atoms with van der Waals surface area (Å²) in [6.07, 6.45) is 0. The Morgan fingerprint density at radius 3 is 2.00 bits per heavy atom. The monoisotopic (exact) mass is 224 g/mol. The summed E-state index contributed by atoms with van der Waals surface area (Å²) < 4.78 is 0. The molecule has 0 aliphatic carbocycles. The highest BCUT2D eigenvalue weighted by atomic mass is 32.1. The fourth-order valence-electron chi connectivity index (χ4n) is 1.57. The molecule has 0 aliphatic heterocycles. The second-order valence-corrected chi connectivity index (χ2v) is 3.97. The molecule has 4 heteroatoms. The Hall–Kier alpha value is -1.29. The number of hydrogen-bond donors (Lipinski definition) is 2. The molecular weight excluding hydrogens is 212 g/mol. The molecule has 0 radical (unpaired) electrons. The van der Waals surface area contributed by atoms with E-state index in [0.717, 1.165) is 11.1 Å². The molecule has 0 heterocycles. The van der Waals surface area contributed by atoms with Crippen molar-refractivity contribution < 1.29 is 14.7 Å².